The van der Waals surface area contributed by atoms with Crippen molar-refractivity contribution >= 4 is 33.5 Å². The summed E-state index contributed by atoms with van der Waals surface area (Å²) in [4.78, 5) is 0. The average Bonchev–Trinajstić information content (AvgIpc) is 2.96. The van der Waals surface area contributed by atoms with Gasteiger partial charge >= 0.3 is 0 Å². The highest BCUT2D eigenvalue weighted by molar-refractivity contribution is 8.17. The van der Waals surface area contributed by atoms with Crippen LogP contribution in [0.4, 0.5) is 0 Å². The van der Waals surface area contributed by atoms with Crippen molar-refractivity contribution < 1.29 is 8.49 Å². The quantitative estimate of drug-likeness (QED) is 0.605. The molecule has 0 saturated heterocycles. The number of thioether (sulfide) groups is 1. The molecule has 114 valence electrons. The number of oxime groups is 1. The van der Waals surface area contributed by atoms with E-state index in [0.29, 0.717) is 21.9 Å². The summed E-state index contributed by atoms with van der Waals surface area (Å²) in [6.07, 6.45) is 2.60. The van der Waals surface area contributed by atoms with Gasteiger partial charge in [0.1, 0.15) is 11.1 Å². The first kappa shape index (κ1) is 16.5. The maximum atomic E-state index is 11.5. The standard InChI is InChI=1S/C16H16N2O2S2/c1-3-10-22(19)20-18-16-14(8-9-21-16)15(11-17)13-7-5-4-6-12(13)2/h4-9H,3,10H2,1-2H3/b15-14+,18-16-. The number of rotatable bonds is 5. The van der Waals surface area contributed by atoms with E-state index in [-0.39, 0.29) is 0 Å². The van der Waals surface area contributed by atoms with Gasteiger partial charge in [0.15, 0.2) is 0 Å². The number of benzene rings is 1. The first-order valence-corrected chi connectivity index (χ1v) is 8.97. The third-order valence-electron chi connectivity index (χ3n) is 3.01. The molecule has 0 amide bonds. The van der Waals surface area contributed by atoms with Crippen LogP contribution in [-0.2, 0) is 15.4 Å². The maximum Gasteiger partial charge on any atom is 0.232 e. The van der Waals surface area contributed by atoms with Gasteiger partial charge < -0.3 is 0 Å². The minimum Gasteiger partial charge on any atom is -0.291 e. The Morgan fingerprint density at radius 3 is 2.91 bits per heavy atom. The summed E-state index contributed by atoms with van der Waals surface area (Å²) in [6, 6.07) is 9.95. The molecule has 0 N–H and O–H groups in total. The lowest BCUT2D eigenvalue weighted by Crippen LogP contribution is -2.01. The first-order chi connectivity index (χ1) is 10.7. The van der Waals surface area contributed by atoms with Crippen LogP contribution in [0, 0.1) is 18.3 Å². The Hall–Kier alpha value is -1.84. The number of hydrogen-bond acceptors (Lipinski definition) is 5. The fraction of sp³-hybridized carbons (Fsp3) is 0.250. The van der Waals surface area contributed by atoms with Gasteiger partial charge in [-0.15, -0.1) is 0 Å². The lowest BCUT2D eigenvalue weighted by molar-refractivity contribution is 0.375. The van der Waals surface area contributed by atoms with Crippen molar-refractivity contribution in [2.45, 2.75) is 20.3 Å². The molecule has 1 heterocycles. The molecule has 22 heavy (non-hydrogen) atoms. The molecule has 0 aromatic heterocycles. The van der Waals surface area contributed by atoms with E-state index in [1.54, 1.807) is 0 Å². The molecule has 0 aliphatic carbocycles. The van der Waals surface area contributed by atoms with Crippen molar-refractivity contribution in [2.75, 3.05) is 5.75 Å². The van der Waals surface area contributed by atoms with Crippen LogP contribution in [0.3, 0.4) is 0 Å². The molecule has 0 spiro atoms. The van der Waals surface area contributed by atoms with Crippen molar-refractivity contribution in [3.05, 3.63) is 52.4 Å². The Labute approximate surface area is 137 Å². The van der Waals surface area contributed by atoms with Crippen molar-refractivity contribution in [3.63, 3.8) is 0 Å². The maximum absolute atomic E-state index is 11.5. The number of aryl methyl sites for hydroxylation is 1. The number of nitriles is 1. The van der Waals surface area contributed by atoms with Crippen LogP contribution in [0.1, 0.15) is 24.5 Å². The SMILES string of the molecule is CCCS(=O)O/N=C1\SC=C\C1=C(\C#N)c1ccccc1C. The van der Waals surface area contributed by atoms with Gasteiger partial charge in [-0.1, -0.05) is 48.1 Å². The third kappa shape index (κ3) is 3.87. The number of allylic oxidation sites excluding steroid dienone is 2. The highest BCUT2D eigenvalue weighted by Crippen LogP contribution is 2.31. The third-order valence-corrected chi connectivity index (χ3v) is 4.79. The summed E-state index contributed by atoms with van der Waals surface area (Å²) in [6.45, 7) is 3.89. The van der Waals surface area contributed by atoms with Gasteiger partial charge in [-0.2, -0.15) is 5.26 Å². The van der Waals surface area contributed by atoms with Crippen molar-refractivity contribution in [1.29, 1.82) is 5.26 Å². The zero-order chi connectivity index (χ0) is 15.9. The fourth-order valence-corrected chi connectivity index (χ4v) is 3.28. The van der Waals surface area contributed by atoms with Gasteiger partial charge in [-0.3, -0.25) is 4.28 Å². The van der Waals surface area contributed by atoms with Crippen LogP contribution in [0.15, 0.2) is 46.5 Å². The summed E-state index contributed by atoms with van der Waals surface area (Å²) in [5.74, 6) is 0.441. The first-order valence-electron chi connectivity index (χ1n) is 6.85. The van der Waals surface area contributed by atoms with Crippen LogP contribution in [0.2, 0.25) is 0 Å². The molecule has 2 rings (SSSR count). The van der Waals surface area contributed by atoms with E-state index >= 15 is 0 Å². The summed E-state index contributed by atoms with van der Waals surface area (Å²) < 4.78 is 16.6. The van der Waals surface area contributed by atoms with E-state index in [0.717, 1.165) is 17.5 Å². The Morgan fingerprint density at radius 1 is 1.45 bits per heavy atom. The second-order valence-corrected chi connectivity index (χ2v) is 6.67. The van der Waals surface area contributed by atoms with Gasteiger partial charge in [-0.25, -0.2) is 4.21 Å². The molecule has 1 aromatic carbocycles. The lowest BCUT2D eigenvalue weighted by Gasteiger charge is -2.07. The highest BCUT2D eigenvalue weighted by Gasteiger charge is 2.19. The minimum atomic E-state index is -1.43. The van der Waals surface area contributed by atoms with E-state index < -0.39 is 11.1 Å². The monoisotopic (exact) mass is 332 g/mol. The molecule has 0 saturated carbocycles. The fourth-order valence-electron chi connectivity index (χ4n) is 1.96. The largest absolute Gasteiger partial charge is 0.291 e. The Balaban J connectivity index is 2.36. The topological polar surface area (TPSA) is 62.4 Å². The number of hydrogen-bond donors (Lipinski definition) is 0. The molecular weight excluding hydrogens is 316 g/mol. The molecule has 1 atom stereocenters. The molecule has 1 aliphatic heterocycles. The van der Waals surface area contributed by atoms with Crippen LogP contribution in [-0.4, -0.2) is 15.0 Å². The summed E-state index contributed by atoms with van der Waals surface area (Å²) in [7, 11) is 0. The zero-order valence-corrected chi connectivity index (χ0v) is 14.0. The Kier molecular flexibility index (Phi) is 5.99. The smallest absolute Gasteiger partial charge is 0.232 e. The normalized spacial score (nSPS) is 19.0. The summed E-state index contributed by atoms with van der Waals surface area (Å²) in [5, 5.41) is 15.9. The molecular formula is C16H16N2O2S2. The second-order valence-electron chi connectivity index (χ2n) is 4.61. The van der Waals surface area contributed by atoms with Crippen LogP contribution in [0.5, 0.6) is 0 Å². The molecule has 0 radical (unpaired) electrons. The van der Waals surface area contributed by atoms with Crippen LogP contribution >= 0.6 is 11.8 Å². The van der Waals surface area contributed by atoms with Gasteiger partial charge in [0.05, 0.1) is 11.3 Å². The molecule has 1 unspecified atom stereocenters. The highest BCUT2D eigenvalue weighted by atomic mass is 32.2. The van der Waals surface area contributed by atoms with E-state index in [2.05, 4.69) is 11.2 Å². The predicted molar refractivity (Wildman–Crippen MR) is 92.3 cm³/mol. The molecule has 6 heteroatoms. The van der Waals surface area contributed by atoms with Gasteiger partial charge in [0.2, 0.25) is 11.1 Å². The summed E-state index contributed by atoms with van der Waals surface area (Å²) >= 11 is -0.0734. The van der Waals surface area contributed by atoms with E-state index in [1.165, 1.54) is 11.8 Å². The van der Waals surface area contributed by atoms with Crippen molar-refractivity contribution in [2.24, 2.45) is 5.16 Å². The van der Waals surface area contributed by atoms with Gasteiger partial charge in [-0.05, 0) is 36.0 Å². The summed E-state index contributed by atoms with van der Waals surface area (Å²) in [5.41, 5.74) is 3.14. The average molecular weight is 332 g/mol. The van der Waals surface area contributed by atoms with E-state index in [4.69, 9.17) is 4.28 Å². The molecule has 1 aliphatic rings. The molecule has 1 aromatic rings. The van der Waals surface area contributed by atoms with Crippen LogP contribution < -0.4 is 0 Å². The van der Waals surface area contributed by atoms with Crippen LogP contribution in [0.25, 0.3) is 5.57 Å². The lowest BCUT2D eigenvalue weighted by atomic mass is 9.97. The Morgan fingerprint density at radius 2 is 2.23 bits per heavy atom. The van der Waals surface area contributed by atoms with E-state index in [9.17, 15) is 9.47 Å². The van der Waals surface area contributed by atoms with Crippen molar-refractivity contribution in [1.82, 2.24) is 0 Å². The number of nitrogens with zero attached hydrogens (tertiary/aromatic N) is 2. The van der Waals surface area contributed by atoms with Gasteiger partial charge in [0.25, 0.3) is 0 Å². The second kappa shape index (κ2) is 7.97. The Bertz CT molecular complexity index is 715. The molecule has 4 nitrogen and oxygen atoms in total. The van der Waals surface area contributed by atoms with E-state index in [1.807, 2.05) is 49.6 Å². The predicted octanol–water partition coefficient (Wildman–Crippen LogP) is 3.94. The minimum absolute atomic E-state index is 0.441. The molecule has 0 fully saturated rings. The van der Waals surface area contributed by atoms with Gasteiger partial charge in [0, 0.05) is 5.57 Å². The van der Waals surface area contributed by atoms with Crippen molar-refractivity contribution in [3.8, 4) is 6.07 Å². The zero-order valence-electron chi connectivity index (χ0n) is 12.4. The molecule has 0 bridgehead atoms.